The molecule has 0 spiro atoms. The second-order valence-electron chi connectivity index (χ2n) is 4.97. The molecule has 1 saturated carbocycles. The Morgan fingerprint density at radius 3 is 3.00 bits per heavy atom. The van der Waals surface area contributed by atoms with Gasteiger partial charge in [0, 0.05) is 18.7 Å². The lowest BCUT2D eigenvalue weighted by atomic mass is 9.80. The van der Waals surface area contributed by atoms with Gasteiger partial charge >= 0.3 is 0 Å². The first-order valence-electron chi connectivity index (χ1n) is 6.90. The lowest BCUT2D eigenvalue weighted by molar-refractivity contribution is 0.307. The van der Waals surface area contributed by atoms with E-state index in [4.69, 9.17) is 0 Å². The summed E-state index contributed by atoms with van der Waals surface area (Å²) in [5.41, 5.74) is 0. The van der Waals surface area contributed by atoms with Crippen molar-refractivity contribution in [1.82, 2.24) is 9.97 Å². The minimum atomic E-state index is 0.576. The van der Waals surface area contributed by atoms with Crippen molar-refractivity contribution in [2.75, 3.05) is 11.9 Å². The first-order chi connectivity index (χ1) is 8.33. The molecule has 0 aliphatic heterocycles. The number of anilines is 1. The first kappa shape index (κ1) is 12.3. The molecule has 3 heteroatoms. The Morgan fingerprint density at radius 2 is 2.24 bits per heavy atom. The first-order valence-corrected chi connectivity index (χ1v) is 6.90. The minimum Gasteiger partial charge on any atom is -0.370 e. The zero-order chi connectivity index (χ0) is 12.1. The van der Waals surface area contributed by atoms with Gasteiger partial charge in [-0.25, -0.2) is 9.97 Å². The third kappa shape index (κ3) is 3.18. The van der Waals surface area contributed by atoms with Crippen LogP contribution in [0, 0.1) is 5.92 Å². The van der Waals surface area contributed by atoms with Crippen molar-refractivity contribution in [2.45, 2.75) is 51.9 Å². The Kier molecular flexibility index (Phi) is 4.35. The quantitative estimate of drug-likeness (QED) is 0.863. The predicted octanol–water partition coefficient (Wildman–Crippen LogP) is 3.59. The van der Waals surface area contributed by atoms with Crippen molar-refractivity contribution in [3.05, 3.63) is 18.1 Å². The summed E-state index contributed by atoms with van der Waals surface area (Å²) in [6.45, 7) is 5.30. The molecule has 17 heavy (non-hydrogen) atoms. The Labute approximate surface area is 104 Å². The summed E-state index contributed by atoms with van der Waals surface area (Å²) in [4.78, 5) is 9.10. The van der Waals surface area contributed by atoms with Gasteiger partial charge in [-0.05, 0) is 31.7 Å². The zero-order valence-corrected chi connectivity index (χ0v) is 10.9. The van der Waals surface area contributed by atoms with Crippen LogP contribution >= 0.6 is 0 Å². The minimum absolute atomic E-state index is 0.576. The van der Waals surface area contributed by atoms with E-state index in [2.05, 4.69) is 29.1 Å². The predicted molar refractivity (Wildman–Crippen MR) is 71.2 cm³/mol. The number of aromatic nitrogens is 2. The molecule has 3 nitrogen and oxygen atoms in total. The number of rotatable bonds is 4. The van der Waals surface area contributed by atoms with Crippen LogP contribution in [-0.4, -0.2) is 16.5 Å². The third-order valence-electron chi connectivity index (χ3n) is 3.76. The number of nitrogens with one attached hydrogen (secondary N) is 1. The van der Waals surface area contributed by atoms with Gasteiger partial charge in [0.05, 0.1) is 0 Å². The molecule has 2 atom stereocenters. The molecule has 0 bridgehead atoms. The SMILES string of the molecule is CCNc1ccnc(C2CCCC(CC)C2)n1. The maximum atomic E-state index is 4.63. The molecule has 0 saturated heterocycles. The van der Waals surface area contributed by atoms with Crippen LogP contribution in [0.1, 0.15) is 57.7 Å². The van der Waals surface area contributed by atoms with Crippen molar-refractivity contribution in [3.63, 3.8) is 0 Å². The van der Waals surface area contributed by atoms with E-state index in [0.29, 0.717) is 5.92 Å². The highest BCUT2D eigenvalue weighted by molar-refractivity contribution is 5.33. The fourth-order valence-electron chi connectivity index (χ4n) is 2.75. The van der Waals surface area contributed by atoms with E-state index in [9.17, 15) is 0 Å². The van der Waals surface area contributed by atoms with E-state index >= 15 is 0 Å². The van der Waals surface area contributed by atoms with Crippen LogP contribution in [0.15, 0.2) is 12.3 Å². The van der Waals surface area contributed by atoms with Crippen LogP contribution in [0.3, 0.4) is 0 Å². The molecule has 2 unspecified atom stereocenters. The number of nitrogens with zero attached hydrogens (tertiary/aromatic N) is 2. The highest BCUT2D eigenvalue weighted by Gasteiger charge is 2.24. The van der Waals surface area contributed by atoms with E-state index in [1.165, 1.54) is 32.1 Å². The Morgan fingerprint density at radius 1 is 1.35 bits per heavy atom. The highest BCUT2D eigenvalue weighted by Crippen LogP contribution is 2.36. The van der Waals surface area contributed by atoms with Crippen LogP contribution < -0.4 is 5.32 Å². The molecule has 1 heterocycles. The number of hydrogen-bond acceptors (Lipinski definition) is 3. The molecule has 0 aromatic carbocycles. The van der Waals surface area contributed by atoms with E-state index in [-0.39, 0.29) is 0 Å². The smallest absolute Gasteiger partial charge is 0.133 e. The summed E-state index contributed by atoms with van der Waals surface area (Å²) in [5, 5.41) is 3.26. The average molecular weight is 233 g/mol. The number of hydrogen-bond donors (Lipinski definition) is 1. The van der Waals surface area contributed by atoms with Crippen molar-refractivity contribution in [2.24, 2.45) is 5.92 Å². The highest BCUT2D eigenvalue weighted by atomic mass is 15.0. The molecule has 2 rings (SSSR count). The van der Waals surface area contributed by atoms with Crippen molar-refractivity contribution in [3.8, 4) is 0 Å². The molecule has 1 aromatic rings. The lowest BCUT2D eigenvalue weighted by Crippen LogP contribution is -2.16. The van der Waals surface area contributed by atoms with Gasteiger partial charge in [-0.15, -0.1) is 0 Å². The van der Waals surface area contributed by atoms with Crippen LogP contribution in [-0.2, 0) is 0 Å². The average Bonchev–Trinajstić information content (AvgIpc) is 2.40. The maximum Gasteiger partial charge on any atom is 0.133 e. The monoisotopic (exact) mass is 233 g/mol. The van der Waals surface area contributed by atoms with Gasteiger partial charge in [-0.3, -0.25) is 0 Å². The summed E-state index contributed by atoms with van der Waals surface area (Å²) < 4.78 is 0. The van der Waals surface area contributed by atoms with Gasteiger partial charge in [0.15, 0.2) is 0 Å². The van der Waals surface area contributed by atoms with Crippen LogP contribution in [0.25, 0.3) is 0 Å². The van der Waals surface area contributed by atoms with Crippen LogP contribution in [0.2, 0.25) is 0 Å². The normalized spacial score (nSPS) is 24.6. The van der Waals surface area contributed by atoms with Gasteiger partial charge in [-0.2, -0.15) is 0 Å². The Balaban J connectivity index is 2.07. The largest absolute Gasteiger partial charge is 0.370 e. The molecule has 1 fully saturated rings. The molecule has 0 amide bonds. The summed E-state index contributed by atoms with van der Waals surface area (Å²) in [7, 11) is 0. The van der Waals surface area contributed by atoms with Gasteiger partial charge in [0.25, 0.3) is 0 Å². The van der Waals surface area contributed by atoms with Crippen molar-refractivity contribution in [1.29, 1.82) is 0 Å². The molecule has 1 aliphatic carbocycles. The van der Waals surface area contributed by atoms with Crippen LogP contribution in [0.5, 0.6) is 0 Å². The van der Waals surface area contributed by atoms with Gasteiger partial charge in [0.1, 0.15) is 11.6 Å². The van der Waals surface area contributed by atoms with Crippen LogP contribution in [0.4, 0.5) is 5.82 Å². The second kappa shape index (κ2) is 5.99. The molecule has 1 aliphatic rings. The topological polar surface area (TPSA) is 37.8 Å². The molecular formula is C14H23N3. The van der Waals surface area contributed by atoms with E-state index < -0.39 is 0 Å². The maximum absolute atomic E-state index is 4.63. The standard InChI is InChI=1S/C14H23N3/c1-3-11-6-5-7-12(10-11)14-16-9-8-13(17-14)15-4-2/h8-9,11-12H,3-7,10H2,1-2H3,(H,15,16,17). The molecular weight excluding hydrogens is 210 g/mol. The fraction of sp³-hybridized carbons (Fsp3) is 0.714. The molecule has 1 aromatic heterocycles. The van der Waals surface area contributed by atoms with E-state index in [1.54, 1.807) is 0 Å². The summed E-state index contributed by atoms with van der Waals surface area (Å²) >= 11 is 0. The van der Waals surface area contributed by atoms with Gasteiger partial charge < -0.3 is 5.32 Å². The molecule has 0 radical (unpaired) electrons. The Hall–Kier alpha value is -1.12. The van der Waals surface area contributed by atoms with E-state index in [0.717, 1.165) is 24.1 Å². The van der Waals surface area contributed by atoms with Gasteiger partial charge in [0.2, 0.25) is 0 Å². The second-order valence-corrected chi connectivity index (χ2v) is 4.97. The lowest BCUT2D eigenvalue weighted by Gasteiger charge is -2.27. The Bertz CT molecular complexity index is 351. The summed E-state index contributed by atoms with van der Waals surface area (Å²) in [6.07, 6.45) is 8.43. The van der Waals surface area contributed by atoms with Crippen molar-refractivity contribution < 1.29 is 0 Å². The fourth-order valence-corrected chi connectivity index (χ4v) is 2.75. The van der Waals surface area contributed by atoms with Crippen molar-refractivity contribution >= 4 is 5.82 Å². The van der Waals surface area contributed by atoms with Gasteiger partial charge in [-0.1, -0.05) is 26.2 Å². The molecule has 1 N–H and O–H groups in total. The summed E-state index contributed by atoms with van der Waals surface area (Å²) in [6, 6.07) is 1.95. The zero-order valence-electron chi connectivity index (χ0n) is 10.9. The van der Waals surface area contributed by atoms with E-state index in [1.807, 2.05) is 12.3 Å². The molecule has 94 valence electrons. The summed E-state index contributed by atoms with van der Waals surface area (Å²) in [5.74, 6) is 3.46. The third-order valence-corrected chi connectivity index (χ3v) is 3.76.